The highest BCUT2D eigenvalue weighted by atomic mass is 32.2. The number of nitrogens with one attached hydrogen (secondary N) is 3. The fourth-order valence-electron chi connectivity index (χ4n) is 3.63. The molecule has 3 N–H and O–H groups in total. The van der Waals surface area contributed by atoms with E-state index in [2.05, 4.69) is 29.4 Å². The number of hydrogen-bond acceptors (Lipinski definition) is 5. The molecule has 170 valence electrons. The molecule has 1 saturated carbocycles. The highest BCUT2D eigenvalue weighted by Crippen LogP contribution is 2.28. The van der Waals surface area contributed by atoms with Crippen molar-refractivity contribution in [3.05, 3.63) is 54.1 Å². The van der Waals surface area contributed by atoms with Gasteiger partial charge in [0.15, 0.2) is 0 Å². The first-order valence-electron chi connectivity index (χ1n) is 10.8. The van der Waals surface area contributed by atoms with Crippen LogP contribution in [0.3, 0.4) is 0 Å². The van der Waals surface area contributed by atoms with Gasteiger partial charge in [0.25, 0.3) is 0 Å². The topological polar surface area (TPSA) is 108 Å². The quantitative estimate of drug-likeness (QED) is 0.530. The minimum absolute atomic E-state index is 0.0404. The number of amides is 2. The van der Waals surface area contributed by atoms with E-state index in [9.17, 15) is 18.0 Å². The van der Waals surface area contributed by atoms with E-state index in [0.717, 1.165) is 24.1 Å². The summed E-state index contributed by atoms with van der Waals surface area (Å²) in [7, 11) is -3.51. The SMILES string of the molecule is CC(C)c1cccc(N2CC(C(=O)NNc3ccc(S(=O)(=O)NC4CC4)cc3)CC2=O)c1. The van der Waals surface area contributed by atoms with E-state index in [1.54, 1.807) is 17.0 Å². The normalized spacial score (nSPS) is 18.8. The summed E-state index contributed by atoms with van der Waals surface area (Å²) in [6, 6.07) is 14.0. The summed E-state index contributed by atoms with van der Waals surface area (Å²) in [5.74, 6) is -0.487. The number of carbonyl (C=O) groups excluding carboxylic acids is 2. The largest absolute Gasteiger partial charge is 0.312 e. The van der Waals surface area contributed by atoms with Crippen molar-refractivity contribution < 1.29 is 18.0 Å². The van der Waals surface area contributed by atoms with Crippen LogP contribution in [0, 0.1) is 5.92 Å². The molecule has 1 atom stereocenters. The minimum atomic E-state index is -3.51. The number of hydrogen-bond donors (Lipinski definition) is 3. The van der Waals surface area contributed by atoms with E-state index in [1.807, 2.05) is 24.3 Å². The van der Waals surface area contributed by atoms with Crippen molar-refractivity contribution >= 4 is 33.2 Å². The molecule has 1 heterocycles. The summed E-state index contributed by atoms with van der Waals surface area (Å²) in [5.41, 5.74) is 7.93. The summed E-state index contributed by atoms with van der Waals surface area (Å²) in [6.45, 7) is 4.51. The van der Waals surface area contributed by atoms with Crippen LogP contribution in [0.2, 0.25) is 0 Å². The number of benzene rings is 2. The van der Waals surface area contributed by atoms with Crippen LogP contribution >= 0.6 is 0 Å². The summed E-state index contributed by atoms with van der Waals surface area (Å²) in [5, 5.41) is 0. The van der Waals surface area contributed by atoms with Crippen molar-refractivity contribution in [2.75, 3.05) is 16.9 Å². The fraction of sp³-hybridized carbons (Fsp3) is 0.391. The zero-order chi connectivity index (χ0) is 22.9. The van der Waals surface area contributed by atoms with Gasteiger partial charge in [-0.05, 0) is 60.7 Å². The van der Waals surface area contributed by atoms with Crippen molar-refractivity contribution in [3.63, 3.8) is 0 Å². The van der Waals surface area contributed by atoms with Gasteiger partial charge in [-0.25, -0.2) is 13.1 Å². The van der Waals surface area contributed by atoms with E-state index >= 15 is 0 Å². The van der Waals surface area contributed by atoms with E-state index < -0.39 is 15.9 Å². The Morgan fingerprint density at radius 3 is 2.47 bits per heavy atom. The van der Waals surface area contributed by atoms with E-state index in [1.165, 1.54) is 12.1 Å². The third kappa shape index (κ3) is 5.11. The molecule has 1 unspecified atom stereocenters. The Bertz CT molecular complexity index is 1110. The van der Waals surface area contributed by atoms with E-state index in [-0.39, 0.29) is 29.2 Å². The molecule has 4 rings (SSSR count). The lowest BCUT2D eigenvalue weighted by molar-refractivity contribution is -0.125. The molecule has 1 saturated heterocycles. The molecule has 8 nitrogen and oxygen atoms in total. The lowest BCUT2D eigenvalue weighted by atomic mass is 10.0. The molecular weight excluding hydrogens is 428 g/mol. The molecule has 1 aliphatic carbocycles. The standard InChI is InChI=1S/C23H28N4O4S/c1-15(2)16-4-3-5-20(12-16)27-14-17(13-22(27)28)23(29)25-24-18-8-10-21(11-9-18)32(30,31)26-19-6-7-19/h3-5,8-12,15,17,19,24,26H,6-7,13-14H2,1-2H3,(H,25,29). The van der Waals surface area contributed by atoms with Crippen molar-refractivity contribution in [2.45, 2.75) is 50.0 Å². The molecule has 2 fully saturated rings. The first-order chi connectivity index (χ1) is 15.2. The Kier molecular flexibility index (Phi) is 6.21. The first-order valence-corrected chi connectivity index (χ1v) is 12.3. The Labute approximate surface area is 188 Å². The molecular formula is C23H28N4O4S. The van der Waals surface area contributed by atoms with E-state index in [0.29, 0.717) is 18.2 Å². The van der Waals surface area contributed by atoms with Gasteiger partial charge in [0.1, 0.15) is 0 Å². The van der Waals surface area contributed by atoms with Gasteiger partial charge in [0.05, 0.1) is 16.5 Å². The monoisotopic (exact) mass is 456 g/mol. The summed E-state index contributed by atoms with van der Waals surface area (Å²) in [6.07, 6.45) is 1.88. The second-order valence-corrected chi connectivity index (χ2v) is 10.4. The van der Waals surface area contributed by atoms with Crippen LogP contribution in [0.1, 0.15) is 44.6 Å². The minimum Gasteiger partial charge on any atom is -0.312 e. The smallest absolute Gasteiger partial charge is 0.243 e. The molecule has 0 spiro atoms. The second-order valence-electron chi connectivity index (χ2n) is 8.69. The zero-order valence-corrected chi connectivity index (χ0v) is 19.0. The van der Waals surface area contributed by atoms with Gasteiger partial charge in [0.2, 0.25) is 21.8 Å². The highest BCUT2D eigenvalue weighted by molar-refractivity contribution is 7.89. The van der Waals surface area contributed by atoms with Gasteiger partial charge in [-0.15, -0.1) is 0 Å². The lowest BCUT2D eigenvalue weighted by Gasteiger charge is -2.18. The first kappa shape index (κ1) is 22.3. The molecule has 0 radical (unpaired) electrons. The fourth-order valence-corrected chi connectivity index (χ4v) is 4.93. The molecule has 2 amide bonds. The van der Waals surface area contributed by atoms with Gasteiger partial charge in [-0.3, -0.25) is 20.4 Å². The van der Waals surface area contributed by atoms with Crippen molar-refractivity contribution in [1.82, 2.24) is 10.1 Å². The summed E-state index contributed by atoms with van der Waals surface area (Å²) < 4.78 is 27.1. The maximum atomic E-state index is 12.6. The number of carbonyl (C=O) groups is 2. The van der Waals surface area contributed by atoms with Crippen LogP contribution in [0.4, 0.5) is 11.4 Å². The molecule has 2 aliphatic rings. The predicted molar refractivity (Wildman–Crippen MR) is 123 cm³/mol. The van der Waals surface area contributed by atoms with Crippen molar-refractivity contribution in [1.29, 1.82) is 0 Å². The maximum Gasteiger partial charge on any atom is 0.243 e. The average Bonchev–Trinajstić information content (AvgIpc) is 3.49. The average molecular weight is 457 g/mol. The van der Waals surface area contributed by atoms with Gasteiger partial charge in [0, 0.05) is 24.7 Å². The van der Waals surface area contributed by atoms with Crippen LogP contribution in [0.25, 0.3) is 0 Å². The van der Waals surface area contributed by atoms with Gasteiger partial charge in [-0.1, -0.05) is 26.0 Å². The third-order valence-electron chi connectivity index (χ3n) is 5.74. The summed E-state index contributed by atoms with van der Waals surface area (Å²) in [4.78, 5) is 27.0. The molecule has 9 heteroatoms. The van der Waals surface area contributed by atoms with E-state index in [4.69, 9.17) is 0 Å². The molecule has 32 heavy (non-hydrogen) atoms. The molecule has 0 bridgehead atoms. The van der Waals surface area contributed by atoms with Crippen LogP contribution in [-0.4, -0.2) is 32.8 Å². The summed E-state index contributed by atoms with van der Waals surface area (Å²) >= 11 is 0. The van der Waals surface area contributed by atoms with Gasteiger partial charge in [-0.2, -0.15) is 0 Å². The van der Waals surface area contributed by atoms with Crippen LogP contribution in [0.5, 0.6) is 0 Å². The van der Waals surface area contributed by atoms with Crippen molar-refractivity contribution in [2.24, 2.45) is 5.92 Å². The number of sulfonamides is 1. The molecule has 2 aromatic carbocycles. The Morgan fingerprint density at radius 2 is 1.81 bits per heavy atom. The number of anilines is 2. The lowest BCUT2D eigenvalue weighted by Crippen LogP contribution is -2.36. The number of rotatable bonds is 8. The van der Waals surface area contributed by atoms with Gasteiger partial charge < -0.3 is 4.90 Å². The number of nitrogens with zero attached hydrogens (tertiary/aromatic N) is 1. The molecule has 1 aliphatic heterocycles. The number of hydrazine groups is 1. The molecule has 0 aromatic heterocycles. The Morgan fingerprint density at radius 1 is 1.09 bits per heavy atom. The Hall–Kier alpha value is -2.91. The highest BCUT2D eigenvalue weighted by Gasteiger charge is 2.35. The van der Waals surface area contributed by atoms with Crippen LogP contribution < -0.4 is 20.5 Å². The zero-order valence-electron chi connectivity index (χ0n) is 18.2. The predicted octanol–water partition coefficient (Wildman–Crippen LogP) is 2.75. The van der Waals surface area contributed by atoms with Crippen LogP contribution in [-0.2, 0) is 19.6 Å². The molecule has 2 aromatic rings. The second kappa shape index (κ2) is 8.91. The maximum absolute atomic E-state index is 12.6. The Balaban J connectivity index is 1.33. The van der Waals surface area contributed by atoms with Crippen LogP contribution in [0.15, 0.2) is 53.4 Å². The van der Waals surface area contributed by atoms with Gasteiger partial charge >= 0.3 is 0 Å². The van der Waals surface area contributed by atoms with Crippen molar-refractivity contribution in [3.8, 4) is 0 Å². The third-order valence-corrected chi connectivity index (χ3v) is 7.27.